The predicted molar refractivity (Wildman–Crippen MR) is 33.8 cm³/mol. The van der Waals surface area contributed by atoms with Gasteiger partial charge in [-0.15, -0.1) is 0 Å². The molecule has 0 saturated carbocycles. The third-order valence-electron chi connectivity index (χ3n) is 1.74. The smallest absolute Gasteiger partial charge is 0.0576 e. The van der Waals surface area contributed by atoms with Gasteiger partial charge < -0.3 is 4.74 Å². The average Bonchev–Trinajstić information content (AvgIpc) is 2.14. The van der Waals surface area contributed by atoms with Gasteiger partial charge in [0.05, 0.1) is 6.10 Å². The molecule has 2 atom stereocenters. The van der Waals surface area contributed by atoms with Crippen LogP contribution in [0.5, 0.6) is 0 Å². The standard InChI is InChI=1S/C7H14O/c1-3-7-4-6(2)5-8-7/h6-7H,3-5H2,1-2H3/t6-,7+/m1/s1. The molecule has 1 heterocycles. The zero-order valence-corrected chi connectivity index (χ0v) is 5.68. The second-order valence-corrected chi connectivity index (χ2v) is 2.70. The van der Waals surface area contributed by atoms with Gasteiger partial charge >= 0.3 is 0 Å². The molecule has 1 aliphatic heterocycles. The van der Waals surface area contributed by atoms with E-state index in [0.717, 1.165) is 12.5 Å². The minimum atomic E-state index is 0.574. The Hall–Kier alpha value is -0.0400. The summed E-state index contributed by atoms with van der Waals surface area (Å²) >= 11 is 0. The summed E-state index contributed by atoms with van der Waals surface area (Å²) in [4.78, 5) is 0. The molecule has 1 aliphatic rings. The highest BCUT2D eigenvalue weighted by molar-refractivity contribution is 4.67. The van der Waals surface area contributed by atoms with E-state index >= 15 is 0 Å². The lowest BCUT2D eigenvalue weighted by Gasteiger charge is -2.01. The van der Waals surface area contributed by atoms with Crippen LogP contribution in [0.3, 0.4) is 0 Å². The molecule has 0 amide bonds. The van der Waals surface area contributed by atoms with E-state index in [4.69, 9.17) is 4.74 Å². The monoisotopic (exact) mass is 114 g/mol. The van der Waals surface area contributed by atoms with Crippen molar-refractivity contribution in [2.24, 2.45) is 5.92 Å². The zero-order chi connectivity index (χ0) is 5.98. The molecule has 1 saturated heterocycles. The quantitative estimate of drug-likeness (QED) is 0.505. The summed E-state index contributed by atoms with van der Waals surface area (Å²) in [6.07, 6.45) is 3.03. The lowest BCUT2D eigenvalue weighted by atomic mass is 10.1. The van der Waals surface area contributed by atoms with Gasteiger partial charge in [-0.2, -0.15) is 0 Å². The Kier molecular flexibility index (Phi) is 1.90. The molecule has 0 spiro atoms. The number of hydrogen-bond donors (Lipinski definition) is 0. The molecule has 0 aliphatic carbocycles. The largest absolute Gasteiger partial charge is 0.378 e. The molecule has 8 heavy (non-hydrogen) atoms. The van der Waals surface area contributed by atoms with Crippen molar-refractivity contribution >= 4 is 0 Å². The van der Waals surface area contributed by atoms with Gasteiger partial charge in [0.25, 0.3) is 0 Å². The normalized spacial score (nSPS) is 38.2. The van der Waals surface area contributed by atoms with E-state index in [1.54, 1.807) is 0 Å². The van der Waals surface area contributed by atoms with Crippen LogP contribution in [0, 0.1) is 5.92 Å². The van der Waals surface area contributed by atoms with E-state index in [1.807, 2.05) is 0 Å². The maximum absolute atomic E-state index is 5.41. The maximum Gasteiger partial charge on any atom is 0.0576 e. The lowest BCUT2D eigenvalue weighted by molar-refractivity contribution is 0.105. The fourth-order valence-electron chi connectivity index (χ4n) is 1.17. The van der Waals surface area contributed by atoms with Crippen molar-refractivity contribution in [3.63, 3.8) is 0 Å². The van der Waals surface area contributed by atoms with Crippen LogP contribution < -0.4 is 0 Å². The van der Waals surface area contributed by atoms with Crippen LogP contribution in [0.4, 0.5) is 0 Å². The van der Waals surface area contributed by atoms with Crippen LogP contribution in [-0.2, 0) is 4.74 Å². The number of rotatable bonds is 1. The maximum atomic E-state index is 5.41. The van der Waals surface area contributed by atoms with E-state index in [-0.39, 0.29) is 0 Å². The Morgan fingerprint density at radius 3 is 2.62 bits per heavy atom. The van der Waals surface area contributed by atoms with Crippen LogP contribution >= 0.6 is 0 Å². The molecule has 48 valence electrons. The summed E-state index contributed by atoms with van der Waals surface area (Å²) in [5.74, 6) is 0.806. The topological polar surface area (TPSA) is 9.23 Å². The summed E-state index contributed by atoms with van der Waals surface area (Å²) in [5.41, 5.74) is 0. The number of ether oxygens (including phenoxy) is 1. The predicted octanol–water partition coefficient (Wildman–Crippen LogP) is 1.82. The van der Waals surface area contributed by atoms with Crippen LogP contribution in [0.25, 0.3) is 0 Å². The van der Waals surface area contributed by atoms with E-state index in [1.165, 1.54) is 12.8 Å². The van der Waals surface area contributed by atoms with Crippen LogP contribution in [0.2, 0.25) is 0 Å². The molecular formula is C7H14O. The average molecular weight is 114 g/mol. The minimum Gasteiger partial charge on any atom is -0.378 e. The second-order valence-electron chi connectivity index (χ2n) is 2.70. The van der Waals surface area contributed by atoms with Crippen molar-refractivity contribution in [2.45, 2.75) is 32.8 Å². The van der Waals surface area contributed by atoms with Crippen molar-refractivity contribution in [3.8, 4) is 0 Å². The third-order valence-corrected chi connectivity index (χ3v) is 1.74. The molecule has 0 bridgehead atoms. The van der Waals surface area contributed by atoms with E-state index in [9.17, 15) is 0 Å². The zero-order valence-electron chi connectivity index (χ0n) is 5.68. The highest BCUT2D eigenvalue weighted by atomic mass is 16.5. The highest BCUT2D eigenvalue weighted by Gasteiger charge is 2.19. The van der Waals surface area contributed by atoms with Crippen molar-refractivity contribution in [1.29, 1.82) is 0 Å². The van der Waals surface area contributed by atoms with Crippen molar-refractivity contribution in [1.82, 2.24) is 0 Å². The molecule has 0 radical (unpaired) electrons. The Morgan fingerprint density at radius 2 is 2.38 bits per heavy atom. The van der Waals surface area contributed by atoms with Crippen molar-refractivity contribution < 1.29 is 4.74 Å². The van der Waals surface area contributed by atoms with E-state index in [0.29, 0.717) is 6.10 Å². The molecule has 0 aromatic carbocycles. The first-order valence-corrected chi connectivity index (χ1v) is 3.44. The Bertz CT molecular complexity index is 70.8. The Balaban J connectivity index is 2.22. The van der Waals surface area contributed by atoms with Gasteiger partial charge in [0, 0.05) is 6.61 Å². The van der Waals surface area contributed by atoms with Crippen LogP contribution in [-0.4, -0.2) is 12.7 Å². The summed E-state index contributed by atoms with van der Waals surface area (Å²) in [6.45, 7) is 5.41. The first-order valence-electron chi connectivity index (χ1n) is 3.44. The summed E-state index contributed by atoms with van der Waals surface area (Å²) < 4.78 is 5.41. The van der Waals surface area contributed by atoms with Crippen molar-refractivity contribution in [3.05, 3.63) is 0 Å². The first-order chi connectivity index (χ1) is 3.83. The van der Waals surface area contributed by atoms with E-state index < -0.39 is 0 Å². The second kappa shape index (κ2) is 2.49. The van der Waals surface area contributed by atoms with Gasteiger partial charge in [-0.3, -0.25) is 0 Å². The SMILES string of the molecule is CC[C@H]1C[C@@H](C)CO1. The Labute approximate surface area is 51.0 Å². The van der Waals surface area contributed by atoms with Gasteiger partial charge in [0.1, 0.15) is 0 Å². The van der Waals surface area contributed by atoms with Gasteiger partial charge in [-0.1, -0.05) is 13.8 Å². The van der Waals surface area contributed by atoms with Gasteiger partial charge in [0.15, 0.2) is 0 Å². The summed E-state index contributed by atoms with van der Waals surface area (Å²) in [6, 6.07) is 0. The van der Waals surface area contributed by atoms with Crippen LogP contribution in [0.15, 0.2) is 0 Å². The lowest BCUT2D eigenvalue weighted by Crippen LogP contribution is -2.00. The highest BCUT2D eigenvalue weighted by Crippen LogP contribution is 2.20. The molecular weight excluding hydrogens is 100 g/mol. The molecule has 1 heteroatoms. The van der Waals surface area contributed by atoms with Crippen molar-refractivity contribution in [2.75, 3.05) is 6.61 Å². The Morgan fingerprint density at radius 1 is 1.62 bits per heavy atom. The molecule has 0 aromatic rings. The molecule has 0 unspecified atom stereocenters. The summed E-state index contributed by atoms with van der Waals surface area (Å²) in [5, 5.41) is 0. The fraction of sp³-hybridized carbons (Fsp3) is 1.00. The summed E-state index contributed by atoms with van der Waals surface area (Å²) in [7, 11) is 0. The molecule has 1 rings (SSSR count). The van der Waals surface area contributed by atoms with Gasteiger partial charge in [-0.05, 0) is 18.8 Å². The first kappa shape index (κ1) is 6.09. The molecule has 1 fully saturated rings. The van der Waals surface area contributed by atoms with E-state index in [2.05, 4.69) is 13.8 Å². The molecule has 0 aromatic heterocycles. The minimum absolute atomic E-state index is 0.574. The number of hydrogen-bond acceptors (Lipinski definition) is 1. The fourth-order valence-corrected chi connectivity index (χ4v) is 1.17. The third kappa shape index (κ3) is 1.22. The molecule has 1 nitrogen and oxygen atoms in total. The van der Waals surface area contributed by atoms with Crippen LogP contribution in [0.1, 0.15) is 26.7 Å². The molecule has 0 N–H and O–H groups in total. The van der Waals surface area contributed by atoms with Gasteiger partial charge in [0.2, 0.25) is 0 Å². The van der Waals surface area contributed by atoms with Gasteiger partial charge in [-0.25, -0.2) is 0 Å².